The smallest absolute Gasteiger partial charge is 0.126 e. The molecule has 0 saturated carbocycles. The van der Waals surface area contributed by atoms with Crippen LogP contribution in [0.5, 0.6) is 0 Å². The van der Waals surface area contributed by atoms with Crippen molar-refractivity contribution in [3.63, 3.8) is 0 Å². The van der Waals surface area contributed by atoms with Crippen LogP contribution in [-0.2, 0) is 0 Å². The predicted molar refractivity (Wildman–Crippen MR) is 60.2 cm³/mol. The molecule has 0 fully saturated rings. The van der Waals surface area contributed by atoms with Crippen LogP contribution in [0.2, 0.25) is 0 Å². The molecule has 5 heteroatoms. The van der Waals surface area contributed by atoms with Crippen molar-refractivity contribution in [3.05, 3.63) is 28.0 Å². The predicted octanol–water partition coefficient (Wildman–Crippen LogP) is 1.95. The second-order valence-electron chi connectivity index (χ2n) is 2.99. The Hall–Kier alpha value is -1.10. The molecule has 1 rings (SSSR count). The Morgan fingerprint density at radius 2 is 2.14 bits per heavy atom. The van der Waals surface area contributed by atoms with Crippen LogP contribution >= 0.6 is 15.9 Å². The molecule has 76 valence electrons. The number of nitrogens with two attached hydrogens (primary N) is 1. The average molecular weight is 260 g/mol. The van der Waals surface area contributed by atoms with E-state index in [0.717, 1.165) is 11.3 Å². The largest absolute Gasteiger partial charge is 0.377 e. The van der Waals surface area contributed by atoms with Gasteiger partial charge in [0.2, 0.25) is 0 Å². The third kappa shape index (κ3) is 2.23. The lowest BCUT2D eigenvalue weighted by molar-refractivity contribution is 0.626. The number of rotatable bonds is 2. The van der Waals surface area contributed by atoms with Crippen LogP contribution < -0.4 is 10.7 Å². The lowest BCUT2D eigenvalue weighted by Gasteiger charge is -2.16. The Labute approximate surface area is 90.5 Å². The monoisotopic (exact) mass is 259 g/mol. The molecule has 0 aliphatic rings. The summed E-state index contributed by atoms with van der Waals surface area (Å²) in [7, 11) is 3.66. The molecule has 0 atom stereocenters. The second-order valence-corrected chi connectivity index (χ2v) is 3.85. The topological polar surface area (TPSA) is 41.6 Å². The van der Waals surface area contributed by atoms with Gasteiger partial charge in [-0.1, -0.05) is 0 Å². The van der Waals surface area contributed by atoms with Crippen molar-refractivity contribution in [2.75, 3.05) is 19.0 Å². The Kier molecular flexibility index (Phi) is 3.46. The third-order valence-corrected chi connectivity index (χ3v) is 2.41. The molecule has 0 aliphatic carbocycles. The van der Waals surface area contributed by atoms with Gasteiger partial charge in [-0.15, -0.1) is 0 Å². The zero-order chi connectivity index (χ0) is 10.7. The fourth-order valence-electron chi connectivity index (χ4n) is 1.14. The zero-order valence-electron chi connectivity index (χ0n) is 7.96. The molecule has 1 aromatic carbocycles. The van der Waals surface area contributed by atoms with Crippen LogP contribution in [0, 0.1) is 5.82 Å². The number of nitrogens with zero attached hydrogens (tertiary/aromatic N) is 2. The van der Waals surface area contributed by atoms with Crippen LogP contribution in [-0.4, -0.2) is 20.3 Å². The normalized spacial score (nSPS) is 10.9. The van der Waals surface area contributed by atoms with E-state index >= 15 is 0 Å². The first kappa shape index (κ1) is 11.0. The van der Waals surface area contributed by atoms with Gasteiger partial charge in [-0.2, -0.15) is 5.10 Å². The number of halogens is 2. The number of hydrogen-bond acceptors (Lipinski definition) is 3. The van der Waals surface area contributed by atoms with Gasteiger partial charge >= 0.3 is 0 Å². The highest BCUT2D eigenvalue weighted by atomic mass is 79.9. The van der Waals surface area contributed by atoms with Gasteiger partial charge in [0.25, 0.3) is 0 Å². The fourth-order valence-corrected chi connectivity index (χ4v) is 1.67. The lowest BCUT2D eigenvalue weighted by Crippen LogP contribution is -2.12. The van der Waals surface area contributed by atoms with Gasteiger partial charge < -0.3 is 10.7 Å². The van der Waals surface area contributed by atoms with Crippen LogP contribution in [0.3, 0.4) is 0 Å². The summed E-state index contributed by atoms with van der Waals surface area (Å²) in [5.41, 5.74) is 1.49. The van der Waals surface area contributed by atoms with Gasteiger partial charge in [0, 0.05) is 29.8 Å². The number of benzene rings is 1. The van der Waals surface area contributed by atoms with E-state index in [1.54, 1.807) is 4.90 Å². The molecule has 0 unspecified atom stereocenters. The van der Waals surface area contributed by atoms with E-state index in [1.165, 1.54) is 18.3 Å². The van der Waals surface area contributed by atoms with Crippen molar-refractivity contribution in [1.29, 1.82) is 0 Å². The minimum atomic E-state index is -0.297. The molecule has 0 amide bonds. The molecular weight excluding hydrogens is 249 g/mol. The first-order valence-electron chi connectivity index (χ1n) is 3.96. The van der Waals surface area contributed by atoms with Crippen LogP contribution in [0.1, 0.15) is 5.56 Å². The summed E-state index contributed by atoms with van der Waals surface area (Å²) >= 11 is 3.25. The highest BCUT2D eigenvalue weighted by Gasteiger charge is 2.09. The summed E-state index contributed by atoms with van der Waals surface area (Å²) in [5, 5.41) is 3.44. The van der Waals surface area contributed by atoms with Gasteiger partial charge in [0.05, 0.1) is 6.21 Å². The molecule has 1 aromatic rings. The van der Waals surface area contributed by atoms with E-state index in [0.29, 0.717) is 4.47 Å². The van der Waals surface area contributed by atoms with Crippen molar-refractivity contribution in [1.82, 2.24) is 0 Å². The van der Waals surface area contributed by atoms with E-state index in [9.17, 15) is 4.39 Å². The molecule has 2 N–H and O–H groups in total. The molecule has 3 nitrogen and oxygen atoms in total. The highest BCUT2D eigenvalue weighted by Crippen LogP contribution is 2.26. The van der Waals surface area contributed by atoms with E-state index in [-0.39, 0.29) is 5.82 Å². The molecule has 0 heterocycles. The molecule has 0 aromatic heterocycles. The van der Waals surface area contributed by atoms with Gasteiger partial charge in [-0.05, 0) is 28.1 Å². The minimum absolute atomic E-state index is 0.297. The molecular formula is C9H11BrFN3. The summed E-state index contributed by atoms with van der Waals surface area (Å²) in [6.45, 7) is 0. The highest BCUT2D eigenvalue weighted by molar-refractivity contribution is 9.10. The average Bonchev–Trinajstić information content (AvgIpc) is 2.09. The van der Waals surface area contributed by atoms with Crippen LogP contribution in [0.4, 0.5) is 10.1 Å². The van der Waals surface area contributed by atoms with Gasteiger partial charge in [0.1, 0.15) is 5.82 Å². The van der Waals surface area contributed by atoms with Crippen molar-refractivity contribution in [2.45, 2.75) is 0 Å². The van der Waals surface area contributed by atoms with E-state index in [4.69, 9.17) is 5.84 Å². The zero-order valence-corrected chi connectivity index (χ0v) is 9.55. The van der Waals surface area contributed by atoms with E-state index in [1.807, 2.05) is 14.1 Å². The Morgan fingerprint density at radius 1 is 1.50 bits per heavy atom. The van der Waals surface area contributed by atoms with E-state index < -0.39 is 0 Å². The first-order valence-corrected chi connectivity index (χ1v) is 4.75. The maximum Gasteiger partial charge on any atom is 0.126 e. The Balaban J connectivity index is 3.36. The van der Waals surface area contributed by atoms with Crippen molar-refractivity contribution in [2.24, 2.45) is 10.9 Å². The molecule has 0 bridgehead atoms. The number of hydrogen-bond donors (Lipinski definition) is 1. The second kappa shape index (κ2) is 4.41. The first-order chi connectivity index (χ1) is 6.56. The molecule has 0 saturated heterocycles. The van der Waals surface area contributed by atoms with Gasteiger partial charge in [0.15, 0.2) is 0 Å². The fraction of sp³-hybridized carbons (Fsp3) is 0.222. The Morgan fingerprint density at radius 3 is 2.64 bits per heavy atom. The number of anilines is 1. The minimum Gasteiger partial charge on any atom is -0.377 e. The van der Waals surface area contributed by atoms with Crippen LogP contribution in [0.25, 0.3) is 0 Å². The molecule has 0 radical (unpaired) electrons. The van der Waals surface area contributed by atoms with Crippen molar-refractivity contribution in [3.8, 4) is 0 Å². The summed E-state index contributed by atoms with van der Waals surface area (Å²) in [6.07, 6.45) is 1.48. The number of hydrazone groups is 1. The van der Waals surface area contributed by atoms with Crippen molar-refractivity contribution < 1.29 is 4.39 Å². The van der Waals surface area contributed by atoms with E-state index in [2.05, 4.69) is 21.0 Å². The summed E-state index contributed by atoms with van der Waals surface area (Å²) in [6, 6.07) is 2.81. The molecule has 0 aliphatic heterocycles. The summed E-state index contributed by atoms with van der Waals surface area (Å²) in [5.74, 6) is 4.78. The maximum absolute atomic E-state index is 13.1. The summed E-state index contributed by atoms with van der Waals surface area (Å²) in [4.78, 5) is 1.80. The standard InChI is InChI=1S/C9H11BrFN3/c1-14(2)9-4-6(11)3-8(10)7(9)5-13-12/h3-5H,12H2,1-2H3. The molecule has 0 spiro atoms. The third-order valence-electron chi connectivity index (χ3n) is 1.76. The lowest BCUT2D eigenvalue weighted by atomic mass is 10.2. The van der Waals surface area contributed by atoms with Gasteiger partial charge in [-0.25, -0.2) is 4.39 Å². The van der Waals surface area contributed by atoms with Crippen LogP contribution in [0.15, 0.2) is 21.7 Å². The SMILES string of the molecule is CN(C)c1cc(F)cc(Br)c1C=NN. The van der Waals surface area contributed by atoms with Gasteiger partial charge in [-0.3, -0.25) is 0 Å². The van der Waals surface area contributed by atoms with Crippen molar-refractivity contribution >= 4 is 27.8 Å². The summed E-state index contributed by atoms with van der Waals surface area (Å²) < 4.78 is 13.7. The maximum atomic E-state index is 13.1. The molecule has 14 heavy (non-hydrogen) atoms. The Bertz CT molecular complexity index is 363. The quantitative estimate of drug-likeness (QED) is 0.501.